The van der Waals surface area contributed by atoms with Crippen LogP contribution < -0.4 is 5.73 Å². The molecule has 0 aliphatic heterocycles. The van der Waals surface area contributed by atoms with Crippen molar-refractivity contribution in [3.05, 3.63) is 11.6 Å². The van der Waals surface area contributed by atoms with E-state index in [1.54, 1.807) is 0 Å². The predicted molar refractivity (Wildman–Crippen MR) is 82.0 cm³/mol. The molecule has 1 aromatic heterocycles. The fourth-order valence-corrected chi connectivity index (χ4v) is 3.05. The van der Waals surface area contributed by atoms with Crippen LogP contribution in [0.15, 0.2) is 0 Å². The van der Waals surface area contributed by atoms with Crippen LogP contribution in [0.1, 0.15) is 63.4 Å². The van der Waals surface area contributed by atoms with E-state index >= 15 is 0 Å². The van der Waals surface area contributed by atoms with E-state index in [1.807, 2.05) is 32.6 Å². The zero-order valence-corrected chi connectivity index (χ0v) is 13.5. The van der Waals surface area contributed by atoms with Gasteiger partial charge in [0.05, 0.1) is 0 Å². The number of carbonyl (C=O) groups is 1. The second-order valence-electron chi connectivity index (χ2n) is 6.84. The SMILES string of the molecule is CCN(C(=O)c1n[nH]c(C(C)(C)C)n1)C1CCCC1CN. The average Bonchev–Trinajstić information content (AvgIpc) is 3.07. The minimum absolute atomic E-state index is 0.0883. The van der Waals surface area contributed by atoms with Gasteiger partial charge in [-0.25, -0.2) is 4.98 Å². The summed E-state index contributed by atoms with van der Waals surface area (Å²) in [6, 6.07) is 0.226. The summed E-state index contributed by atoms with van der Waals surface area (Å²) in [6.45, 7) is 9.43. The molecule has 0 aromatic carbocycles. The predicted octanol–water partition coefficient (Wildman–Crippen LogP) is 1.69. The van der Waals surface area contributed by atoms with Crippen LogP contribution in [-0.4, -0.2) is 45.1 Å². The number of carbonyl (C=O) groups excluding carboxylic acids is 1. The van der Waals surface area contributed by atoms with Crippen LogP contribution in [0.5, 0.6) is 0 Å². The molecule has 1 heterocycles. The number of aromatic amines is 1. The van der Waals surface area contributed by atoms with Gasteiger partial charge in [-0.05, 0) is 32.2 Å². The van der Waals surface area contributed by atoms with Crippen molar-refractivity contribution in [2.45, 2.75) is 58.4 Å². The number of hydrogen-bond acceptors (Lipinski definition) is 4. The summed E-state index contributed by atoms with van der Waals surface area (Å²) in [4.78, 5) is 19.0. The normalized spacial score (nSPS) is 22.5. The van der Waals surface area contributed by atoms with Gasteiger partial charge in [0.1, 0.15) is 5.82 Å². The zero-order valence-electron chi connectivity index (χ0n) is 13.5. The molecule has 1 aliphatic carbocycles. The zero-order chi connectivity index (χ0) is 15.6. The molecule has 2 unspecified atom stereocenters. The minimum Gasteiger partial charge on any atom is -0.333 e. The van der Waals surface area contributed by atoms with Crippen molar-refractivity contribution >= 4 is 5.91 Å². The van der Waals surface area contributed by atoms with Gasteiger partial charge in [0.2, 0.25) is 5.82 Å². The van der Waals surface area contributed by atoms with E-state index in [-0.39, 0.29) is 23.2 Å². The molecule has 3 N–H and O–H groups in total. The Morgan fingerprint density at radius 2 is 2.14 bits per heavy atom. The Bertz CT molecular complexity index is 490. The molecule has 0 saturated heterocycles. The van der Waals surface area contributed by atoms with Crippen LogP contribution >= 0.6 is 0 Å². The smallest absolute Gasteiger partial charge is 0.293 e. The van der Waals surface area contributed by atoms with E-state index in [9.17, 15) is 4.79 Å². The molecule has 6 nitrogen and oxygen atoms in total. The van der Waals surface area contributed by atoms with Crippen molar-refractivity contribution in [1.82, 2.24) is 20.1 Å². The van der Waals surface area contributed by atoms with E-state index < -0.39 is 0 Å². The van der Waals surface area contributed by atoms with Crippen molar-refractivity contribution in [3.63, 3.8) is 0 Å². The molecule has 1 saturated carbocycles. The number of hydrogen-bond donors (Lipinski definition) is 2. The van der Waals surface area contributed by atoms with Crippen molar-refractivity contribution in [2.75, 3.05) is 13.1 Å². The Hall–Kier alpha value is -1.43. The van der Waals surface area contributed by atoms with Gasteiger partial charge in [0.15, 0.2) is 0 Å². The minimum atomic E-state index is -0.143. The molecule has 0 spiro atoms. The molecular formula is C15H27N5O. The lowest BCUT2D eigenvalue weighted by Gasteiger charge is -2.31. The number of rotatable bonds is 4. The lowest BCUT2D eigenvalue weighted by atomic mass is 9.96. The van der Waals surface area contributed by atoms with Crippen molar-refractivity contribution < 1.29 is 4.79 Å². The highest BCUT2D eigenvalue weighted by Gasteiger charge is 2.35. The summed E-state index contributed by atoms with van der Waals surface area (Å²) in [5, 5.41) is 7.00. The molecule has 21 heavy (non-hydrogen) atoms. The number of amides is 1. The van der Waals surface area contributed by atoms with Crippen LogP contribution in [0.4, 0.5) is 0 Å². The van der Waals surface area contributed by atoms with Gasteiger partial charge in [-0.1, -0.05) is 27.2 Å². The Balaban J connectivity index is 2.18. The van der Waals surface area contributed by atoms with Gasteiger partial charge in [-0.2, -0.15) is 0 Å². The highest BCUT2D eigenvalue weighted by Crippen LogP contribution is 2.30. The standard InChI is InChI=1S/C15H27N5O/c1-5-20(11-8-6-7-10(11)9-16)13(21)12-17-14(19-18-12)15(2,3)4/h10-11H,5-9,16H2,1-4H3,(H,17,18,19). The topological polar surface area (TPSA) is 87.9 Å². The molecule has 118 valence electrons. The first-order chi connectivity index (χ1) is 9.88. The van der Waals surface area contributed by atoms with Gasteiger partial charge < -0.3 is 10.6 Å². The summed E-state index contributed by atoms with van der Waals surface area (Å²) >= 11 is 0. The second kappa shape index (κ2) is 6.13. The molecule has 1 aromatic rings. The van der Waals surface area contributed by atoms with Crippen LogP contribution in [-0.2, 0) is 5.41 Å². The first kappa shape index (κ1) is 15.9. The van der Waals surface area contributed by atoms with Gasteiger partial charge in [0.25, 0.3) is 5.91 Å². The fraction of sp³-hybridized carbons (Fsp3) is 0.800. The van der Waals surface area contributed by atoms with Crippen LogP contribution in [0.25, 0.3) is 0 Å². The Kier molecular flexibility index (Phi) is 4.66. The molecule has 2 atom stereocenters. The lowest BCUT2D eigenvalue weighted by molar-refractivity contribution is 0.0639. The molecular weight excluding hydrogens is 266 g/mol. The molecule has 6 heteroatoms. The largest absolute Gasteiger partial charge is 0.333 e. The lowest BCUT2D eigenvalue weighted by Crippen LogP contribution is -2.44. The van der Waals surface area contributed by atoms with E-state index in [0.29, 0.717) is 19.0 Å². The monoisotopic (exact) mass is 293 g/mol. The molecule has 0 radical (unpaired) electrons. The number of nitrogens with zero attached hydrogens (tertiary/aromatic N) is 3. The molecule has 1 aliphatic rings. The Morgan fingerprint density at radius 3 is 2.67 bits per heavy atom. The Labute approximate surface area is 126 Å². The van der Waals surface area contributed by atoms with E-state index in [1.165, 1.54) is 0 Å². The van der Waals surface area contributed by atoms with Crippen molar-refractivity contribution in [3.8, 4) is 0 Å². The van der Waals surface area contributed by atoms with E-state index in [4.69, 9.17) is 5.73 Å². The number of aromatic nitrogens is 3. The van der Waals surface area contributed by atoms with Crippen molar-refractivity contribution in [2.24, 2.45) is 11.7 Å². The van der Waals surface area contributed by atoms with E-state index in [0.717, 1.165) is 25.1 Å². The number of nitrogens with one attached hydrogen (secondary N) is 1. The van der Waals surface area contributed by atoms with Gasteiger partial charge >= 0.3 is 0 Å². The van der Waals surface area contributed by atoms with Crippen LogP contribution in [0.2, 0.25) is 0 Å². The number of H-pyrrole nitrogens is 1. The second-order valence-corrected chi connectivity index (χ2v) is 6.84. The van der Waals surface area contributed by atoms with Crippen LogP contribution in [0.3, 0.4) is 0 Å². The number of nitrogens with two attached hydrogens (primary N) is 1. The maximum Gasteiger partial charge on any atom is 0.293 e. The van der Waals surface area contributed by atoms with E-state index in [2.05, 4.69) is 15.2 Å². The summed E-state index contributed by atoms with van der Waals surface area (Å²) < 4.78 is 0. The quantitative estimate of drug-likeness (QED) is 0.884. The third-order valence-electron chi connectivity index (χ3n) is 4.31. The average molecular weight is 293 g/mol. The maximum atomic E-state index is 12.7. The van der Waals surface area contributed by atoms with Crippen LogP contribution in [0, 0.1) is 5.92 Å². The summed E-state index contributed by atoms with van der Waals surface area (Å²) in [6.07, 6.45) is 3.27. The summed E-state index contributed by atoms with van der Waals surface area (Å²) in [7, 11) is 0. The molecule has 1 amide bonds. The summed E-state index contributed by atoms with van der Waals surface area (Å²) in [5.74, 6) is 1.32. The molecule has 2 rings (SSSR count). The Morgan fingerprint density at radius 1 is 1.43 bits per heavy atom. The highest BCUT2D eigenvalue weighted by molar-refractivity contribution is 5.90. The third kappa shape index (κ3) is 3.26. The highest BCUT2D eigenvalue weighted by atomic mass is 16.2. The van der Waals surface area contributed by atoms with Gasteiger partial charge in [-0.3, -0.25) is 9.89 Å². The van der Waals surface area contributed by atoms with Gasteiger partial charge in [-0.15, -0.1) is 5.10 Å². The molecule has 0 bridgehead atoms. The summed E-state index contributed by atoms with van der Waals surface area (Å²) in [5.41, 5.74) is 5.70. The first-order valence-electron chi connectivity index (χ1n) is 7.82. The maximum absolute atomic E-state index is 12.7. The fourth-order valence-electron chi connectivity index (χ4n) is 3.05. The molecule has 1 fully saturated rings. The third-order valence-corrected chi connectivity index (χ3v) is 4.31. The first-order valence-corrected chi connectivity index (χ1v) is 7.82. The van der Waals surface area contributed by atoms with Gasteiger partial charge in [0, 0.05) is 18.0 Å². The van der Waals surface area contributed by atoms with Crippen molar-refractivity contribution in [1.29, 1.82) is 0 Å².